The first kappa shape index (κ1) is 17.9. The van der Waals surface area contributed by atoms with Crippen LogP contribution >= 0.6 is 11.8 Å². The summed E-state index contributed by atoms with van der Waals surface area (Å²) in [5.74, 6) is 1.35. The van der Waals surface area contributed by atoms with Gasteiger partial charge in [0.1, 0.15) is 0 Å². The fourth-order valence-electron chi connectivity index (χ4n) is 2.30. The highest BCUT2D eigenvalue weighted by Crippen LogP contribution is 2.26. The molecule has 2 aromatic carbocycles. The number of anilines is 1. The Hall–Kier alpha value is -2.93. The molecule has 1 aromatic heterocycles. The molecule has 0 aliphatic heterocycles. The maximum Gasteiger partial charge on any atom is 0.256 e. The van der Waals surface area contributed by atoms with Crippen LogP contribution in [-0.4, -0.2) is 21.8 Å². The van der Waals surface area contributed by atoms with Gasteiger partial charge in [-0.25, -0.2) is 0 Å². The highest BCUT2D eigenvalue weighted by atomic mass is 32.2. The monoisotopic (exact) mass is 367 g/mol. The highest BCUT2D eigenvalue weighted by molar-refractivity contribution is 7.98. The third-order valence-electron chi connectivity index (χ3n) is 3.60. The van der Waals surface area contributed by atoms with Crippen LogP contribution < -0.4 is 5.32 Å². The van der Waals surface area contributed by atoms with Crippen LogP contribution in [0.3, 0.4) is 0 Å². The normalized spacial score (nSPS) is 10.5. The van der Waals surface area contributed by atoms with Crippen LogP contribution in [0, 0.1) is 6.92 Å². The summed E-state index contributed by atoms with van der Waals surface area (Å²) in [6.07, 6.45) is 0. The van der Waals surface area contributed by atoms with Crippen molar-refractivity contribution in [1.82, 2.24) is 10.1 Å². The smallest absolute Gasteiger partial charge is 0.256 e. The predicted molar refractivity (Wildman–Crippen MR) is 99.4 cm³/mol. The van der Waals surface area contributed by atoms with E-state index < -0.39 is 0 Å². The molecule has 26 heavy (non-hydrogen) atoms. The van der Waals surface area contributed by atoms with Crippen molar-refractivity contribution in [2.24, 2.45) is 0 Å². The van der Waals surface area contributed by atoms with Gasteiger partial charge in [0.2, 0.25) is 5.89 Å². The van der Waals surface area contributed by atoms with Crippen LogP contribution in [-0.2, 0) is 5.75 Å². The Balaban J connectivity index is 1.71. The summed E-state index contributed by atoms with van der Waals surface area (Å²) in [6.45, 7) is 3.27. The van der Waals surface area contributed by atoms with E-state index in [1.54, 1.807) is 37.3 Å². The van der Waals surface area contributed by atoms with Crippen molar-refractivity contribution in [2.75, 3.05) is 5.32 Å². The third-order valence-corrected chi connectivity index (χ3v) is 4.66. The Kier molecular flexibility index (Phi) is 5.48. The van der Waals surface area contributed by atoms with Crippen molar-refractivity contribution < 1.29 is 14.1 Å². The van der Waals surface area contributed by atoms with Crippen LogP contribution in [0.25, 0.3) is 0 Å². The molecule has 0 bridgehead atoms. The van der Waals surface area contributed by atoms with E-state index in [-0.39, 0.29) is 11.7 Å². The van der Waals surface area contributed by atoms with Crippen LogP contribution in [0.5, 0.6) is 0 Å². The molecule has 0 unspecified atom stereocenters. The molecule has 6 nitrogen and oxygen atoms in total. The molecule has 1 N–H and O–H groups in total. The average Bonchev–Trinajstić information content (AvgIpc) is 3.06. The number of ketones is 1. The van der Waals surface area contributed by atoms with Gasteiger partial charge < -0.3 is 9.84 Å². The summed E-state index contributed by atoms with van der Waals surface area (Å²) in [7, 11) is 0. The Bertz CT molecular complexity index is 935. The Labute approximate surface area is 155 Å². The van der Waals surface area contributed by atoms with Gasteiger partial charge in [-0.2, -0.15) is 4.98 Å². The van der Waals surface area contributed by atoms with E-state index in [2.05, 4.69) is 15.5 Å². The van der Waals surface area contributed by atoms with E-state index in [0.717, 1.165) is 4.90 Å². The van der Waals surface area contributed by atoms with Crippen LogP contribution in [0.2, 0.25) is 0 Å². The molecule has 0 spiro atoms. The van der Waals surface area contributed by atoms with E-state index in [0.29, 0.717) is 34.3 Å². The summed E-state index contributed by atoms with van der Waals surface area (Å²) in [6, 6.07) is 14.1. The molecule has 0 aliphatic carbocycles. The van der Waals surface area contributed by atoms with E-state index >= 15 is 0 Å². The van der Waals surface area contributed by atoms with Crippen molar-refractivity contribution in [1.29, 1.82) is 0 Å². The van der Waals surface area contributed by atoms with E-state index in [4.69, 9.17) is 4.52 Å². The lowest BCUT2D eigenvalue weighted by atomic mass is 10.1. The maximum absolute atomic E-state index is 12.6. The average molecular weight is 367 g/mol. The Morgan fingerprint density at radius 3 is 2.50 bits per heavy atom. The van der Waals surface area contributed by atoms with Crippen LogP contribution in [0.1, 0.15) is 39.4 Å². The number of rotatable bonds is 6. The van der Waals surface area contributed by atoms with Crippen LogP contribution in [0.4, 0.5) is 5.69 Å². The number of carbonyl (C=O) groups is 2. The lowest BCUT2D eigenvalue weighted by Crippen LogP contribution is -2.13. The number of carbonyl (C=O) groups excluding carboxylic acids is 2. The molecule has 3 rings (SSSR count). The number of amides is 1. The minimum Gasteiger partial charge on any atom is -0.338 e. The molecule has 3 aromatic rings. The van der Waals surface area contributed by atoms with Gasteiger partial charge in [0.15, 0.2) is 11.6 Å². The summed E-state index contributed by atoms with van der Waals surface area (Å²) in [5, 5.41) is 6.61. The molecule has 0 radical (unpaired) electrons. The summed E-state index contributed by atoms with van der Waals surface area (Å²) >= 11 is 1.46. The molecule has 0 saturated carbocycles. The van der Waals surface area contributed by atoms with Gasteiger partial charge in [0, 0.05) is 16.1 Å². The molecular formula is C19H17N3O3S. The number of aryl methyl sites for hydroxylation is 1. The second-order valence-electron chi connectivity index (χ2n) is 5.61. The van der Waals surface area contributed by atoms with Crippen molar-refractivity contribution in [3.63, 3.8) is 0 Å². The summed E-state index contributed by atoms with van der Waals surface area (Å²) < 4.78 is 5.10. The van der Waals surface area contributed by atoms with E-state index in [1.165, 1.54) is 18.7 Å². The number of hydrogen-bond donors (Lipinski definition) is 1. The number of Topliss-reactive ketones (excluding diaryl/α,β-unsaturated/α-hetero) is 1. The second-order valence-corrected chi connectivity index (χ2v) is 6.63. The summed E-state index contributed by atoms with van der Waals surface area (Å²) in [5.41, 5.74) is 1.80. The van der Waals surface area contributed by atoms with Gasteiger partial charge in [-0.05, 0) is 50.2 Å². The number of benzene rings is 2. The number of hydrogen-bond acceptors (Lipinski definition) is 6. The highest BCUT2D eigenvalue weighted by Gasteiger charge is 2.13. The number of nitrogens with zero attached hydrogens (tertiary/aromatic N) is 2. The molecule has 0 saturated heterocycles. The zero-order chi connectivity index (χ0) is 18.5. The van der Waals surface area contributed by atoms with Crippen molar-refractivity contribution in [2.45, 2.75) is 24.5 Å². The van der Waals surface area contributed by atoms with E-state index in [1.807, 2.05) is 18.2 Å². The van der Waals surface area contributed by atoms with Crippen molar-refractivity contribution >= 4 is 29.1 Å². The largest absolute Gasteiger partial charge is 0.338 e. The second kappa shape index (κ2) is 7.97. The number of aromatic nitrogens is 2. The van der Waals surface area contributed by atoms with Gasteiger partial charge >= 0.3 is 0 Å². The van der Waals surface area contributed by atoms with Crippen LogP contribution in [0.15, 0.2) is 57.9 Å². The fourth-order valence-corrected chi connectivity index (χ4v) is 3.19. The molecule has 7 heteroatoms. The topological polar surface area (TPSA) is 85.1 Å². The van der Waals surface area contributed by atoms with Gasteiger partial charge in [0.25, 0.3) is 5.91 Å². The Morgan fingerprint density at radius 1 is 1.12 bits per heavy atom. The maximum atomic E-state index is 12.6. The molecule has 0 atom stereocenters. The van der Waals surface area contributed by atoms with Gasteiger partial charge in [-0.15, -0.1) is 11.8 Å². The fraction of sp³-hybridized carbons (Fsp3) is 0.158. The zero-order valence-electron chi connectivity index (χ0n) is 14.4. The van der Waals surface area contributed by atoms with Gasteiger partial charge in [-0.3, -0.25) is 9.59 Å². The first-order valence-corrected chi connectivity index (χ1v) is 8.95. The Morgan fingerprint density at radius 2 is 1.85 bits per heavy atom. The lowest BCUT2D eigenvalue weighted by Gasteiger charge is -2.09. The minimum atomic E-state index is -0.217. The first-order chi connectivity index (χ1) is 12.5. The third kappa shape index (κ3) is 4.37. The molecule has 132 valence electrons. The van der Waals surface area contributed by atoms with Crippen molar-refractivity contribution in [3.8, 4) is 0 Å². The molecule has 0 fully saturated rings. The summed E-state index contributed by atoms with van der Waals surface area (Å²) in [4.78, 5) is 28.9. The minimum absolute atomic E-state index is 0.0131. The number of thioether (sulfide) groups is 1. The standard InChI is InChI=1S/C19H17N3O3S/c1-12(23)14-7-9-15(10-8-14)21-19(24)16-5-3-4-6-17(16)26-11-18-20-13(2)22-25-18/h3-10H,11H2,1-2H3,(H,21,24). The SMILES string of the molecule is CC(=O)c1ccc(NC(=O)c2ccccc2SCc2nc(C)no2)cc1. The molecular weight excluding hydrogens is 350 g/mol. The predicted octanol–water partition coefficient (Wildman–Crippen LogP) is 4.13. The van der Waals surface area contributed by atoms with Crippen molar-refractivity contribution in [3.05, 3.63) is 71.4 Å². The van der Waals surface area contributed by atoms with E-state index in [9.17, 15) is 9.59 Å². The first-order valence-electron chi connectivity index (χ1n) is 7.96. The number of nitrogens with one attached hydrogen (secondary N) is 1. The molecule has 1 heterocycles. The quantitative estimate of drug-likeness (QED) is 0.521. The molecule has 1 amide bonds. The van der Waals surface area contributed by atoms with Gasteiger partial charge in [-0.1, -0.05) is 17.3 Å². The molecule has 0 aliphatic rings. The zero-order valence-corrected chi connectivity index (χ0v) is 15.2. The van der Waals surface area contributed by atoms with Gasteiger partial charge in [0.05, 0.1) is 11.3 Å². The lowest BCUT2D eigenvalue weighted by molar-refractivity contribution is 0.101.